The lowest BCUT2D eigenvalue weighted by atomic mass is 10.1. The van der Waals surface area contributed by atoms with Crippen LogP contribution >= 0.6 is 0 Å². The summed E-state index contributed by atoms with van der Waals surface area (Å²) in [6.45, 7) is 4.03. The van der Waals surface area contributed by atoms with Crippen LogP contribution in [0.4, 0.5) is 22.9 Å². The number of benzene rings is 1. The van der Waals surface area contributed by atoms with Crippen LogP contribution in [-0.2, 0) is 0 Å². The minimum atomic E-state index is -0.328. The minimum absolute atomic E-state index is 0.312. The van der Waals surface area contributed by atoms with Crippen molar-refractivity contribution < 1.29 is 9.32 Å². The number of pyridine rings is 1. The van der Waals surface area contributed by atoms with E-state index in [1.165, 1.54) is 24.9 Å². The number of hydrogen-bond acceptors (Lipinski definition) is 6. The van der Waals surface area contributed by atoms with Gasteiger partial charge >= 0.3 is 0 Å². The highest BCUT2D eigenvalue weighted by Gasteiger charge is 2.12. The number of anilines is 4. The molecule has 28 heavy (non-hydrogen) atoms. The summed E-state index contributed by atoms with van der Waals surface area (Å²) < 4.78 is 4.94. The van der Waals surface area contributed by atoms with E-state index in [-0.39, 0.29) is 5.91 Å². The molecule has 3 heterocycles. The Hall–Kier alpha value is -3.35. The summed E-state index contributed by atoms with van der Waals surface area (Å²) in [6, 6.07) is 13.6. The molecule has 3 aromatic rings. The van der Waals surface area contributed by atoms with Gasteiger partial charge in [0.1, 0.15) is 11.5 Å². The number of carbonyl (C=O) groups excluding carboxylic acids is 1. The van der Waals surface area contributed by atoms with Crippen LogP contribution in [0.25, 0.3) is 0 Å². The molecule has 1 saturated heterocycles. The van der Waals surface area contributed by atoms with Crippen LogP contribution < -0.4 is 15.5 Å². The normalized spacial score (nSPS) is 14.0. The van der Waals surface area contributed by atoms with E-state index >= 15 is 0 Å². The molecule has 144 valence electrons. The van der Waals surface area contributed by atoms with E-state index in [9.17, 15) is 4.79 Å². The zero-order chi connectivity index (χ0) is 19.3. The molecule has 1 amide bonds. The molecule has 0 spiro atoms. The van der Waals surface area contributed by atoms with E-state index in [0.717, 1.165) is 24.5 Å². The average Bonchev–Trinajstić information content (AvgIpc) is 3.14. The molecule has 0 saturated carbocycles. The van der Waals surface area contributed by atoms with Crippen LogP contribution in [0.1, 0.15) is 35.5 Å². The maximum Gasteiger partial charge on any atom is 0.275 e. The van der Waals surface area contributed by atoms with Crippen LogP contribution in [0.3, 0.4) is 0 Å². The van der Waals surface area contributed by atoms with Gasteiger partial charge in [0.15, 0.2) is 5.82 Å². The zero-order valence-corrected chi connectivity index (χ0v) is 15.8. The highest BCUT2D eigenvalue weighted by molar-refractivity contribution is 6.02. The fourth-order valence-corrected chi connectivity index (χ4v) is 3.28. The molecule has 0 bridgehead atoms. The van der Waals surface area contributed by atoms with Gasteiger partial charge in [-0.15, -0.1) is 0 Å². The number of rotatable bonds is 5. The van der Waals surface area contributed by atoms with Crippen molar-refractivity contribution in [1.29, 1.82) is 0 Å². The Labute approximate surface area is 163 Å². The van der Waals surface area contributed by atoms with Crippen molar-refractivity contribution in [3.63, 3.8) is 0 Å². The van der Waals surface area contributed by atoms with Crippen molar-refractivity contribution in [2.45, 2.75) is 26.2 Å². The van der Waals surface area contributed by atoms with E-state index in [1.54, 1.807) is 25.3 Å². The number of amides is 1. The Bertz CT molecular complexity index is 928. The number of nitrogens with zero attached hydrogens (tertiary/aromatic N) is 3. The minimum Gasteiger partial charge on any atom is -0.372 e. The summed E-state index contributed by atoms with van der Waals surface area (Å²) in [5.41, 5.74) is 3.38. The third-order valence-corrected chi connectivity index (χ3v) is 4.74. The van der Waals surface area contributed by atoms with Gasteiger partial charge < -0.3 is 20.1 Å². The van der Waals surface area contributed by atoms with Crippen LogP contribution in [0.15, 0.2) is 53.2 Å². The molecule has 1 aliphatic heterocycles. The number of aryl methyl sites for hydroxylation is 1. The second-order valence-corrected chi connectivity index (χ2v) is 6.93. The van der Waals surface area contributed by atoms with E-state index in [2.05, 4.69) is 49.9 Å². The first-order chi connectivity index (χ1) is 13.7. The van der Waals surface area contributed by atoms with Gasteiger partial charge in [-0.3, -0.25) is 4.79 Å². The molecule has 0 radical (unpaired) electrons. The topological polar surface area (TPSA) is 83.3 Å². The van der Waals surface area contributed by atoms with Crippen LogP contribution in [0, 0.1) is 6.92 Å². The largest absolute Gasteiger partial charge is 0.372 e. The van der Waals surface area contributed by atoms with E-state index < -0.39 is 0 Å². The molecule has 1 fully saturated rings. The maximum absolute atomic E-state index is 12.2. The van der Waals surface area contributed by atoms with Gasteiger partial charge in [-0.25, -0.2) is 4.98 Å². The molecular formula is C21H23N5O2. The first-order valence-electron chi connectivity index (χ1n) is 9.50. The third kappa shape index (κ3) is 4.31. The maximum atomic E-state index is 12.2. The first kappa shape index (κ1) is 18.0. The van der Waals surface area contributed by atoms with Gasteiger partial charge in [-0.05, 0) is 62.6 Å². The molecule has 0 atom stereocenters. The Morgan fingerprint density at radius 1 is 1.04 bits per heavy atom. The molecule has 7 heteroatoms. The molecule has 2 N–H and O–H groups in total. The first-order valence-corrected chi connectivity index (χ1v) is 9.50. The number of aromatic nitrogens is 2. The van der Waals surface area contributed by atoms with Gasteiger partial charge in [0.25, 0.3) is 5.91 Å². The average molecular weight is 377 g/mol. The van der Waals surface area contributed by atoms with E-state index in [4.69, 9.17) is 4.52 Å². The third-order valence-electron chi connectivity index (χ3n) is 4.74. The van der Waals surface area contributed by atoms with E-state index in [0.29, 0.717) is 17.3 Å². The lowest BCUT2D eigenvalue weighted by molar-refractivity contribution is 0.102. The highest BCUT2D eigenvalue weighted by atomic mass is 16.5. The molecule has 0 unspecified atom stereocenters. The van der Waals surface area contributed by atoms with Gasteiger partial charge in [0.2, 0.25) is 0 Å². The van der Waals surface area contributed by atoms with Gasteiger partial charge in [-0.1, -0.05) is 5.16 Å². The Kier molecular flexibility index (Phi) is 5.23. The van der Waals surface area contributed by atoms with Crippen molar-refractivity contribution in [2.24, 2.45) is 0 Å². The number of carbonyl (C=O) groups is 1. The van der Waals surface area contributed by atoms with Crippen LogP contribution in [-0.4, -0.2) is 29.1 Å². The number of piperidine rings is 1. The summed E-state index contributed by atoms with van der Waals surface area (Å²) in [5.74, 6) is 0.681. The Morgan fingerprint density at radius 2 is 1.79 bits per heavy atom. The van der Waals surface area contributed by atoms with Crippen molar-refractivity contribution in [3.8, 4) is 0 Å². The van der Waals surface area contributed by atoms with Crippen molar-refractivity contribution >= 4 is 28.8 Å². The van der Waals surface area contributed by atoms with E-state index in [1.807, 2.05) is 6.07 Å². The Balaban J connectivity index is 1.36. The Morgan fingerprint density at radius 3 is 2.43 bits per heavy atom. The SMILES string of the molecule is Cc1cc(NC(=O)c2ccc(Nc3ccc(N4CCCCC4)cc3)cn2)no1. The van der Waals surface area contributed by atoms with Crippen molar-refractivity contribution in [3.05, 3.63) is 60.1 Å². The highest BCUT2D eigenvalue weighted by Crippen LogP contribution is 2.23. The molecule has 4 rings (SSSR count). The summed E-state index contributed by atoms with van der Waals surface area (Å²) in [6.07, 6.45) is 5.50. The summed E-state index contributed by atoms with van der Waals surface area (Å²) in [5, 5.41) is 9.71. The standard InChI is InChI=1S/C21H23N5O2/c1-15-13-20(25-28-15)24-21(27)19-10-7-17(14-22-19)23-16-5-8-18(9-6-16)26-11-3-2-4-12-26/h5-10,13-14,23H,2-4,11-12H2,1H3,(H,24,25,27). The van der Waals surface area contributed by atoms with Crippen LogP contribution in [0.2, 0.25) is 0 Å². The van der Waals surface area contributed by atoms with Crippen molar-refractivity contribution in [1.82, 2.24) is 10.1 Å². The molecule has 1 aromatic carbocycles. The monoisotopic (exact) mass is 377 g/mol. The lowest BCUT2D eigenvalue weighted by Crippen LogP contribution is -2.29. The van der Waals surface area contributed by atoms with Gasteiger partial charge in [-0.2, -0.15) is 0 Å². The fourth-order valence-electron chi connectivity index (χ4n) is 3.28. The quantitative estimate of drug-likeness (QED) is 0.687. The lowest BCUT2D eigenvalue weighted by Gasteiger charge is -2.28. The predicted molar refractivity (Wildman–Crippen MR) is 109 cm³/mol. The molecular weight excluding hydrogens is 354 g/mol. The fraction of sp³-hybridized carbons (Fsp3) is 0.286. The predicted octanol–water partition coefficient (Wildman–Crippen LogP) is 4.36. The smallest absolute Gasteiger partial charge is 0.275 e. The molecule has 0 aliphatic carbocycles. The van der Waals surface area contributed by atoms with Crippen LogP contribution in [0.5, 0.6) is 0 Å². The second-order valence-electron chi connectivity index (χ2n) is 6.93. The second kappa shape index (κ2) is 8.12. The van der Waals surface area contributed by atoms with Crippen molar-refractivity contribution in [2.75, 3.05) is 28.6 Å². The van der Waals surface area contributed by atoms with Gasteiger partial charge in [0, 0.05) is 30.5 Å². The molecule has 1 aliphatic rings. The summed E-state index contributed by atoms with van der Waals surface area (Å²) >= 11 is 0. The molecule has 2 aromatic heterocycles. The zero-order valence-electron chi connectivity index (χ0n) is 15.8. The summed E-state index contributed by atoms with van der Waals surface area (Å²) in [7, 11) is 0. The summed E-state index contributed by atoms with van der Waals surface area (Å²) in [4.78, 5) is 18.9. The number of hydrogen-bond donors (Lipinski definition) is 2. The number of nitrogens with one attached hydrogen (secondary N) is 2. The van der Waals surface area contributed by atoms with Gasteiger partial charge in [0.05, 0.1) is 11.9 Å². The molecule has 7 nitrogen and oxygen atoms in total.